The fraction of sp³-hybridized carbons (Fsp3) is 0. The first-order valence-electron chi connectivity index (χ1n) is 7.42. The summed E-state index contributed by atoms with van der Waals surface area (Å²) in [5, 5.41) is 23.3. The van der Waals surface area contributed by atoms with Crippen LogP contribution in [-0.4, -0.2) is 27.0 Å². The maximum atomic E-state index is 12.8. The van der Waals surface area contributed by atoms with Crippen LogP contribution in [0.1, 0.15) is 5.56 Å². The molecular weight excluding hydrogens is 394 g/mol. The Balaban J connectivity index is 2.00. The first kappa shape index (κ1) is 18.5. The molecule has 0 saturated carbocycles. The molecule has 2 N–H and O–H groups in total. The molecule has 0 radical (unpaired) electrons. The summed E-state index contributed by atoms with van der Waals surface area (Å²) in [6.45, 7) is 0. The van der Waals surface area contributed by atoms with E-state index in [1.54, 1.807) is 24.3 Å². The number of nitro benzene ring substituents is 1. The predicted molar refractivity (Wildman–Crippen MR) is 102 cm³/mol. The quantitative estimate of drug-likeness (QED) is 0.268. The number of carbonyl (C=O) groups excluding carboxylic acids is 2. The number of nitro groups is 1. The molecule has 1 fully saturated rings. The summed E-state index contributed by atoms with van der Waals surface area (Å²) in [6, 6.07) is 9.76. The molecule has 3 rings (SSSR count). The lowest BCUT2D eigenvalue weighted by Crippen LogP contribution is -2.54. The molecule has 0 aliphatic carbocycles. The summed E-state index contributed by atoms with van der Waals surface area (Å²) in [5.41, 5.74) is -0.0836. The number of thiocarbonyl (C=S) groups is 1. The van der Waals surface area contributed by atoms with Crippen LogP contribution in [0.2, 0.25) is 5.02 Å². The van der Waals surface area contributed by atoms with Gasteiger partial charge in [-0.15, -0.1) is 0 Å². The van der Waals surface area contributed by atoms with Crippen molar-refractivity contribution in [2.75, 3.05) is 4.90 Å². The lowest BCUT2D eigenvalue weighted by molar-refractivity contribution is -0.385. The van der Waals surface area contributed by atoms with Crippen LogP contribution in [0.15, 0.2) is 48.0 Å². The number of anilines is 1. The highest BCUT2D eigenvalue weighted by Crippen LogP contribution is 2.28. The summed E-state index contributed by atoms with van der Waals surface area (Å²) in [6.07, 6.45) is 1.21. The number of benzene rings is 2. The van der Waals surface area contributed by atoms with E-state index in [9.17, 15) is 24.8 Å². The maximum absolute atomic E-state index is 12.8. The van der Waals surface area contributed by atoms with Crippen molar-refractivity contribution in [3.8, 4) is 5.75 Å². The van der Waals surface area contributed by atoms with Crippen molar-refractivity contribution in [3.05, 3.63) is 68.7 Å². The average molecular weight is 404 g/mol. The van der Waals surface area contributed by atoms with Gasteiger partial charge < -0.3 is 5.11 Å². The zero-order valence-corrected chi connectivity index (χ0v) is 15.0. The van der Waals surface area contributed by atoms with Gasteiger partial charge in [0.15, 0.2) is 10.9 Å². The number of phenols is 1. The number of carbonyl (C=O) groups is 2. The Hall–Kier alpha value is -3.30. The lowest BCUT2D eigenvalue weighted by Gasteiger charge is -2.28. The Bertz CT molecular complexity index is 1020. The summed E-state index contributed by atoms with van der Waals surface area (Å²) < 4.78 is 0. The smallest absolute Gasteiger partial charge is 0.310 e. The predicted octanol–water partition coefficient (Wildman–Crippen LogP) is 2.79. The van der Waals surface area contributed by atoms with E-state index in [0.717, 1.165) is 17.0 Å². The fourth-order valence-corrected chi connectivity index (χ4v) is 2.84. The van der Waals surface area contributed by atoms with E-state index >= 15 is 0 Å². The van der Waals surface area contributed by atoms with Crippen molar-refractivity contribution in [2.24, 2.45) is 0 Å². The number of amides is 2. The average Bonchev–Trinajstić information content (AvgIpc) is 2.60. The van der Waals surface area contributed by atoms with Crippen molar-refractivity contribution in [1.29, 1.82) is 0 Å². The fourth-order valence-electron chi connectivity index (χ4n) is 2.43. The zero-order valence-electron chi connectivity index (χ0n) is 13.4. The van der Waals surface area contributed by atoms with Gasteiger partial charge in [-0.1, -0.05) is 11.6 Å². The Morgan fingerprint density at radius 1 is 1.19 bits per heavy atom. The van der Waals surface area contributed by atoms with E-state index in [4.69, 9.17) is 23.8 Å². The zero-order chi connectivity index (χ0) is 19.7. The standard InChI is InChI=1S/C17H10ClN3O5S/c18-10-2-4-11(5-3-10)20-16(24)12(15(23)19-17(20)27)7-9-1-6-13(21(25)26)14(22)8-9/h1-8,22H,(H,19,23,27). The number of halogens is 1. The second-order valence-corrected chi connectivity index (χ2v) is 6.26. The molecule has 0 aromatic heterocycles. The molecule has 1 aliphatic rings. The number of nitrogens with one attached hydrogen (secondary N) is 1. The highest BCUT2D eigenvalue weighted by molar-refractivity contribution is 7.80. The largest absolute Gasteiger partial charge is 0.502 e. The van der Waals surface area contributed by atoms with Crippen LogP contribution in [0.3, 0.4) is 0 Å². The molecule has 27 heavy (non-hydrogen) atoms. The summed E-state index contributed by atoms with van der Waals surface area (Å²) in [4.78, 5) is 36.2. The lowest BCUT2D eigenvalue weighted by atomic mass is 10.1. The van der Waals surface area contributed by atoms with Gasteiger partial charge in [-0.05, 0) is 60.3 Å². The third kappa shape index (κ3) is 3.64. The van der Waals surface area contributed by atoms with Gasteiger partial charge in [-0.25, -0.2) is 0 Å². The molecule has 1 heterocycles. The minimum atomic E-state index is -0.745. The Labute approximate surface area is 162 Å². The Morgan fingerprint density at radius 2 is 1.85 bits per heavy atom. The van der Waals surface area contributed by atoms with Crippen LogP contribution in [-0.2, 0) is 9.59 Å². The van der Waals surface area contributed by atoms with Gasteiger partial charge >= 0.3 is 5.69 Å². The summed E-state index contributed by atoms with van der Waals surface area (Å²) in [5.74, 6) is -1.97. The number of nitrogens with zero attached hydrogens (tertiary/aromatic N) is 2. The molecule has 2 aromatic carbocycles. The van der Waals surface area contributed by atoms with Crippen LogP contribution in [0.25, 0.3) is 6.08 Å². The van der Waals surface area contributed by atoms with Gasteiger partial charge in [0.1, 0.15) is 5.57 Å². The van der Waals surface area contributed by atoms with Crippen molar-refractivity contribution in [1.82, 2.24) is 5.32 Å². The first-order valence-corrected chi connectivity index (χ1v) is 8.21. The maximum Gasteiger partial charge on any atom is 0.310 e. The van der Waals surface area contributed by atoms with E-state index in [-0.39, 0.29) is 16.2 Å². The second kappa shape index (κ2) is 7.14. The highest BCUT2D eigenvalue weighted by Gasteiger charge is 2.34. The molecule has 0 spiro atoms. The van der Waals surface area contributed by atoms with Gasteiger partial charge in [-0.3, -0.25) is 29.9 Å². The number of phenolic OH excluding ortho intramolecular Hbond substituents is 1. The summed E-state index contributed by atoms with van der Waals surface area (Å²) in [7, 11) is 0. The molecule has 1 saturated heterocycles. The van der Waals surface area contributed by atoms with Crippen LogP contribution in [0.5, 0.6) is 5.75 Å². The van der Waals surface area contributed by atoms with E-state index in [2.05, 4.69) is 5.32 Å². The number of hydrogen-bond donors (Lipinski definition) is 2. The van der Waals surface area contributed by atoms with Gasteiger partial charge in [0.05, 0.1) is 10.6 Å². The molecule has 136 valence electrons. The van der Waals surface area contributed by atoms with E-state index in [1.165, 1.54) is 12.1 Å². The minimum Gasteiger partial charge on any atom is -0.502 e. The van der Waals surface area contributed by atoms with Crippen LogP contribution in [0.4, 0.5) is 11.4 Å². The molecule has 0 atom stereocenters. The Kier molecular flexibility index (Phi) is 4.89. The number of hydrogen-bond acceptors (Lipinski definition) is 6. The molecule has 1 aliphatic heterocycles. The summed E-state index contributed by atoms with van der Waals surface area (Å²) >= 11 is 10.9. The second-order valence-electron chi connectivity index (χ2n) is 5.44. The Morgan fingerprint density at radius 3 is 2.44 bits per heavy atom. The van der Waals surface area contributed by atoms with E-state index < -0.39 is 28.2 Å². The number of rotatable bonds is 3. The van der Waals surface area contributed by atoms with Crippen molar-refractivity contribution >= 4 is 58.2 Å². The third-order valence-corrected chi connectivity index (χ3v) is 4.23. The van der Waals surface area contributed by atoms with E-state index in [0.29, 0.717) is 10.7 Å². The highest BCUT2D eigenvalue weighted by atomic mass is 35.5. The van der Waals surface area contributed by atoms with Crippen LogP contribution >= 0.6 is 23.8 Å². The topological polar surface area (TPSA) is 113 Å². The van der Waals surface area contributed by atoms with Gasteiger partial charge in [0.2, 0.25) is 0 Å². The first-order chi connectivity index (χ1) is 12.8. The molecule has 2 amide bonds. The molecule has 2 aromatic rings. The van der Waals surface area contributed by atoms with Crippen molar-refractivity contribution in [3.63, 3.8) is 0 Å². The van der Waals surface area contributed by atoms with Gasteiger partial charge in [0.25, 0.3) is 11.8 Å². The van der Waals surface area contributed by atoms with Gasteiger partial charge in [0, 0.05) is 11.1 Å². The molecule has 0 unspecified atom stereocenters. The van der Waals surface area contributed by atoms with Crippen molar-refractivity contribution in [2.45, 2.75) is 0 Å². The normalized spacial score (nSPS) is 15.8. The van der Waals surface area contributed by atoms with Gasteiger partial charge in [-0.2, -0.15) is 0 Å². The SMILES string of the molecule is O=C1NC(=S)N(c2ccc(Cl)cc2)C(=O)C1=Cc1ccc([N+](=O)[O-])c(O)c1. The van der Waals surface area contributed by atoms with Crippen molar-refractivity contribution < 1.29 is 19.6 Å². The van der Waals surface area contributed by atoms with Crippen LogP contribution in [0, 0.1) is 10.1 Å². The molecule has 10 heteroatoms. The molecule has 8 nitrogen and oxygen atoms in total. The molecular formula is C17H10ClN3O5S. The van der Waals surface area contributed by atoms with Crippen LogP contribution < -0.4 is 10.2 Å². The minimum absolute atomic E-state index is 0.0870. The molecule has 0 bridgehead atoms. The number of aromatic hydroxyl groups is 1. The monoisotopic (exact) mass is 403 g/mol. The van der Waals surface area contributed by atoms with E-state index in [1.807, 2.05) is 0 Å². The third-order valence-electron chi connectivity index (χ3n) is 3.69.